The minimum atomic E-state index is -0.311. The van der Waals surface area contributed by atoms with Gasteiger partial charge in [0.15, 0.2) is 0 Å². The van der Waals surface area contributed by atoms with Crippen LogP contribution in [0.3, 0.4) is 0 Å². The Morgan fingerprint density at radius 1 is 0.700 bits per heavy atom. The summed E-state index contributed by atoms with van der Waals surface area (Å²) >= 11 is 0. The van der Waals surface area contributed by atoms with Crippen LogP contribution in [-0.2, 0) is 14.3 Å². The molecule has 0 aromatic carbocycles. The predicted molar refractivity (Wildman–Crippen MR) is 247 cm³/mol. The summed E-state index contributed by atoms with van der Waals surface area (Å²) in [6.45, 7) is 30.2. The highest BCUT2D eigenvalue weighted by Crippen LogP contribution is 2.78. The zero-order valence-electron chi connectivity index (χ0n) is 41.2. The predicted octanol–water partition coefficient (Wildman–Crippen LogP) is 15.2. The number of hydrogen-bond donors (Lipinski definition) is 0. The Balaban J connectivity index is 0.911. The van der Waals surface area contributed by atoms with Gasteiger partial charge in [0.25, 0.3) is 0 Å². The quantitative estimate of drug-likeness (QED) is 0.181. The minimum Gasteiger partial charge on any atom is -0.462 e. The van der Waals surface area contributed by atoms with Crippen LogP contribution in [0.15, 0.2) is 11.6 Å². The van der Waals surface area contributed by atoms with Crippen molar-refractivity contribution in [3.8, 4) is 0 Å². The fourth-order valence-electron chi connectivity index (χ4n) is 20.6. The molecule has 2 unspecified atom stereocenters. The number of allylic oxidation sites excluding steroid dienone is 1. The van der Waals surface area contributed by atoms with Crippen molar-refractivity contribution < 1.29 is 14.3 Å². The third-order valence-corrected chi connectivity index (χ3v) is 24.0. The van der Waals surface area contributed by atoms with Crippen molar-refractivity contribution in [2.45, 2.75) is 224 Å². The monoisotopic (exact) mass is 825 g/mol. The minimum absolute atomic E-state index is 0.0482. The van der Waals surface area contributed by atoms with Crippen LogP contribution in [0.1, 0.15) is 218 Å². The number of rotatable bonds is 8. The van der Waals surface area contributed by atoms with Gasteiger partial charge in [0.05, 0.1) is 5.41 Å². The van der Waals surface area contributed by atoms with Crippen LogP contribution in [0.4, 0.5) is 0 Å². The summed E-state index contributed by atoms with van der Waals surface area (Å²) in [6.07, 6.45) is 28.4. The fraction of sp³-hybridized carbons (Fsp3) is 0.930. The van der Waals surface area contributed by atoms with Gasteiger partial charge in [-0.1, -0.05) is 114 Å². The third kappa shape index (κ3) is 6.15. The molecular weight excluding hydrogens is 733 g/mol. The topological polar surface area (TPSA) is 43.4 Å². The van der Waals surface area contributed by atoms with Crippen molar-refractivity contribution in [1.82, 2.24) is 0 Å². The van der Waals surface area contributed by atoms with Gasteiger partial charge in [-0.25, -0.2) is 0 Å². The average Bonchev–Trinajstić information content (AvgIpc) is 3.76. The van der Waals surface area contributed by atoms with Gasteiger partial charge in [-0.05, 0) is 201 Å². The summed E-state index contributed by atoms with van der Waals surface area (Å²) in [5.41, 5.74) is 2.64. The standard InChI is InChI=1S/C57H92O3/c1-35(2)14-13-15-37(5)42-18-19-43-41-17-16-38-34-39(22-27-52(38,8)44(41)24-28-53(42,43)9)60-50(59)57-31-23-40(36(3)4)49(57)45-20-21-47-54(10)29-26-48(58)51(6,7)46(54)25-30-56(47,12)55(45,11)32-33-57/h16,35-37,39-47,49H,13-15,17-34H2,1-12H3/t37-,39+,40+,41+,42-,43+,44+,45-,46?,47-,49?,52+,53-,54+,55-,56-,57+/m1/s1. The summed E-state index contributed by atoms with van der Waals surface area (Å²) in [4.78, 5) is 28.6. The molecule has 9 aliphatic rings. The van der Waals surface area contributed by atoms with Crippen molar-refractivity contribution in [1.29, 1.82) is 0 Å². The molecule has 0 N–H and O–H groups in total. The highest BCUT2D eigenvalue weighted by atomic mass is 16.5. The molecule has 0 bridgehead atoms. The molecule has 9 rings (SSSR count). The smallest absolute Gasteiger partial charge is 0.312 e. The number of esters is 1. The lowest BCUT2D eigenvalue weighted by atomic mass is 9.32. The van der Waals surface area contributed by atoms with E-state index in [1.165, 1.54) is 96.3 Å². The van der Waals surface area contributed by atoms with E-state index >= 15 is 4.79 Å². The first-order valence-electron chi connectivity index (χ1n) is 26.6. The Kier molecular flexibility index (Phi) is 11.0. The van der Waals surface area contributed by atoms with Crippen LogP contribution < -0.4 is 0 Å². The van der Waals surface area contributed by atoms with Gasteiger partial charge in [0, 0.05) is 18.3 Å². The first-order valence-corrected chi connectivity index (χ1v) is 26.6. The van der Waals surface area contributed by atoms with Gasteiger partial charge in [-0.3, -0.25) is 9.59 Å². The Labute approximate surface area is 369 Å². The van der Waals surface area contributed by atoms with Gasteiger partial charge in [0.1, 0.15) is 11.9 Å². The molecular formula is C57H92O3. The summed E-state index contributed by atoms with van der Waals surface area (Å²) in [6, 6.07) is 0. The van der Waals surface area contributed by atoms with E-state index in [2.05, 4.69) is 89.2 Å². The Morgan fingerprint density at radius 3 is 2.18 bits per heavy atom. The number of carbonyl (C=O) groups excluding carboxylic acids is 2. The van der Waals surface area contributed by atoms with Crippen LogP contribution in [0.25, 0.3) is 0 Å². The van der Waals surface area contributed by atoms with Crippen molar-refractivity contribution >= 4 is 11.8 Å². The number of hydrogen-bond acceptors (Lipinski definition) is 3. The lowest BCUT2D eigenvalue weighted by molar-refractivity contribution is -0.238. The summed E-state index contributed by atoms with van der Waals surface area (Å²) < 4.78 is 7.02. The van der Waals surface area contributed by atoms with Gasteiger partial charge in [-0.2, -0.15) is 0 Å². The maximum Gasteiger partial charge on any atom is 0.312 e. The van der Waals surface area contributed by atoms with Crippen molar-refractivity contribution in [2.75, 3.05) is 0 Å². The molecule has 0 spiro atoms. The lowest BCUT2D eigenvalue weighted by Gasteiger charge is -2.72. The molecule has 9 aliphatic carbocycles. The SMILES string of the molecule is CC(C)CCC[C@@H](C)[C@H]1CC[C@H]2[C@@H]3CC=C4C[C@@H](OC(=O)[C@]56CC[C@@H](C(C)C)C5[C@H]5CC[C@@H]7[C@@]8(C)CCC(=O)C(C)(C)C8CC[C@@]7(C)[C@]5(C)CC6)CC[C@]4(C)[C@H]3CC[C@]12C. The molecule has 338 valence electrons. The molecule has 0 aromatic rings. The molecule has 0 aromatic heterocycles. The summed E-state index contributed by atoms with van der Waals surface area (Å²) in [5.74, 6) is 9.19. The molecule has 3 heteroatoms. The van der Waals surface area contributed by atoms with Crippen LogP contribution >= 0.6 is 0 Å². The molecule has 8 saturated carbocycles. The maximum atomic E-state index is 15.3. The Hall–Kier alpha value is -1.12. The highest BCUT2D eigenvalue weighted by molar-refractivity contribution is 5.85. The molecule has 17 atom stereocenters. The average molecular weight is 825 g/mol. The van der Waals surface area contributed by atoms with E-state index in [9.17, 15) is 4.79 Å². The van der Waals surface area contributed by atoms with E-state index in [4.69, 9.17) is 4.74 Å². The van der Waals surface area contributed by atoms with Gasteiger partial charge >= 0.3 is 5.97 Å². The normalized spacial score (nSPS) is 51.0. The van der Waals surface area contributed by atoms with Crippen molar-refractivity contribution in [2.24, 2.45) is 109 Å². The van der Waals surface area contributed by atoms with Crippen LogP contribution in [-0.4, -0.2) is 17.9 Å². The molecule has 0 radical (unpaired) electrons. The third-order valence-electron chi connectivity index (χ3n) is 24.0. The second kappa shape index (κ2) is 15.0. The van der Waals surface area contributed by atoms with Gasteiger partial charge in [-0.15, -0.1) is 0 Å². The molecule has 3 nitrogen and oxygen atoms in total. The van der Waals surface area contributed by atoms with E-state index in [-0.39, 0.29) is 44.6 Å². The molecule has 0 amide bonds. The molecule has 0 heterocycles. The first-order chi connectivity index (χ1) is 28.2. The van der Waals surface area contributed by atoms with E-state index in [0.717, 1.165) is 74.0 Å². The van der Waals surface area contributed by atoms with Gasteiger partial charge < -0.3 is 4.74 Å². The zero-order valence-corrected chi connectivity index (χ0v) is 41.2. The summed E-state index contributed by atoms with van der Waals surface area (Å²) in [7, 11) is 0. The van der Waals surface area contributed by atoms with E-state index in [1.54, 1.807) is 5.57 Å². The van der Waals surface area contributed by atoms with Crippen LogP contribution in [0.2, 0.25) is 0 Å². The number of Topliss-reactive ketones (excluding diaryl/α,β-unsaturated/α-hetero) is 1. The summed E-state index contributed by atoms with van der Waals surface area (Å²) in [5, 5.41) is 0. The molecule has 60 heavy (non-hydrogen) atoms. The fourth-order valence-corrected chi connectivity index (χ4v) is 20.6. The van der Waals surface area contributed by atoms with Gasteiger partial charge in [0.2, 0.25) is 0 Å². The van der Waals surface area contributed by atoms with Crippen molar-refractivity contribution in [3.63, 3.8) is 0 Å². The second-order valence-electron chi connectivity index (χ2n) is 27.0. The number of ether oxygens (including phenoxy) is 1. The maximum absolute atomic E-state index is 15.3. The Morgan fingerprint density at radius 2 is 1.45 bits per heavy atom. The van der Waals surface area contributed by atoms with Crippen LogP contribution in [0.5, 0.6) is 0 Å². The highest BCUT2D eigenvalue weighted by Gasteiger charge is 2.72. The number of carbonyl (C=O) groups is 2. The molecule has 0 saturated heterocycles. The lowest BCUT2D eigenvalue weighted by Crippen LogP contribution is -2.67. The van der Waals surface area contributed by atoms with E-state index in [0.29, 0.717) is 46.7 Å². The zero-order chi connectivity index (χ0) is 43.0. The largest absolute Gasteiger partial charge is 0.462 e. The second-order valence-corrected chi connectivity index (χ2v) is 27.0. The first kappa shape index (κ1) is 44.1. The molecule has 8 fully saturated rings. The number of ketones is 1. The van der Waals surface area contributed by atoms with E-state index in [1.807, 2.05) is 0 Å². The van der Waals surface area contributed by atoms with Crippen molar-refractivity contribution in [3.05, 3.63) is 11.6 Å². The van der Waals surface area contributed by atoms with E-state index < -0.39 is 0 Å². The number of fused-ring (bicyclic) bond motifs is 12. The Bertz CT molecular complexity index is 1700. The van der Waals surface area contributed by atoms with Crippen LogP contribution in [0, 0.1) is 109 Å². The molecule has 0 aliphatic heterocycles.